The molecule has 0 spiro atoms. The van der Waals surface area contributed by atoms with Crippen molar-refractivity contribution in [3.63, 3.8) is 0 Å². The maximum Gasteiger partial charge on any atom is 0.314 e. The van der Waals surface area contributed by atoms with Crippen LogP contribution in [-0.2, 0) is 19.1 Å². The van der Waals surface area contributed by atoms with Crippen LogP contribution in [0.1, 0.15) is 19.8 Å². The van der Waals surface area contributed by atoms with Crippen LogP contribution in [0.2, 0.25) is 5.02 Å². The van der Waals surface area contributed by atoms with Gasteiger partial charge < -0.3 is 20.1 Å². The van der Waals surface area contributed by atoms with Crippen LogP contribution in [0.5, 0.6) is 5.75 Å². The number of phenolic OH excluding ortho intramolecular Hbond substituents is 1. The third-order valence-electron chi connectivity index (χ3n) is 3.73. The van der Waals surface area contributed by atoms with Crippen molar-refractivity contribution in [2.75, 3.05) is 25.0 Å². The smallest absolute Gasteiger partial charge is 0.314 e. The largest absolute Gasteiger partial charge is 0.506 e. The highest BCUT2D eigenvalue weighted by molar-refractivity contribution is 6.40. The molecule has 0 radical (unpaired) electrons. The molecule has 130 valence electrons. The second kappa shape index (κ2) is 8.01. The zero-order valence-electron chi connectivity index (χ0n) is 13.3. The first-order valence-electron chi connectivity index (χ1n) is 7.67. The van der Waals surface area contributed by atoms with E-state index >= 15 is 0 Å². The Balaban J connectivity index is 2.01. The summed E-state index contributed by atoms with van der Waals surface area (Å²) in [7, 11) is 0. The summed E-state index contributed by atoms with van der Waals surface area (Å²) in [5.41, 5.74) is 0.0554. The molecule has 1 aromatic carbocycles. The van der Waals surface area contributed by atoms with Crippen LogP contribution in [-0.4, -0.2) is 47.5 Å². The van der Waals surface area contributed by atoms with Gasteiger partial charge >= 0.3 is 17.8 Å². The Hall–Kier alpha value is -2.28. The molecule has 1 fully saturated rings. The Morgan fingerprint density at radius 1 is 1.42 bits per heavy atom. The van der Waals surface area contributed by atoms with E-state index in [4.69, 9.17) is 16.3 Å². The van der Waals surface area contributed by atoms with E-state index in [2.05, 4.69) is 5.32 Å². The number of aromatic hydroxyl groups is 1. The fourth-order valence-electron chi connectivity index (χ4n) is 2.54. The van der Waals surface area contributed by atoms with Crippen molar-refractivity contribution in [2.45, 2.75) is 19.8 Å². The van der Waals surface area contributed by atoms with E-state index in [1.807, 2.05) is 0 Å². The lowest BCUT2D eigenvalue weighted by atomic mass is 9.98. The SMILES string of the molecule is CCOC(=O)C1CCCN(C(=O)C(=O)Nc2cc(Cl)ccc2O)C1. The number of rotatable bonds is 3. The number of phenols is 1. The van der Waals surface area contributed by atoms with E-state index in [9.17, 15) is 19.5 Å². The molecule has 0 aromatic heterocycles. The molecular formula is C16H19ClN2O5. The molecule has 2 N–H and O–H groups in total. The van der Waals surface area contributed by atoms with Crippen LogP contribution in [0.25, 0.3) is 0 Å². The van der Waals surface area contributed by atoms with Crippen molar-refractivity contribution >= 4 is 35.1 Å². The molecule has 1 aromatic rings. The zero-order valence-corrected chi connectivity index (χ0v) is 14.0. The minimum absolute atomic E-state index is 0.0554. The minimum atomic E-state index is -0.892. The normalized spacial score (nSPS) is 17.2. The topological polar surface area (TPSA) is 95.9 Å². The third kappa shape index (κ3) is 4.38. The summed E-state index contributed by atoms with van der Waals surface area (Å²) in [6.45, 7) is 2.53. The summed E-state index contributed by atoms with van der Waals surface area (Å²) in [5.74, 6) is -2.62. The highest BCUT2D eigenvalue weighted by atomic mass is 35.5. The number of halogens is 1. The summed E-state index contributed by atoms with van der Waals surface area (Å²) in [6.07, 6.45) is 1.24. The van der Waals surface area contributed by atoms with Crippen LogP contribution in [0.4, 0.5) is 5.69 Å². The van der Waals surface area contributed by atoms with E-state index in [1.54, 1.807) is 6.92 Å². The number of esters is 1. The minimum Gasteiger partial charge on any atom is -0.506 e. The monoisotopic (exact) mass is 354 g/mol. The van der Waals surface area contributed by atoms with Gasteiger partial charge in [-0.3, -0.25) is 14.4 Å². The van der Waals surface area contributed by atoms with Gasteiger partial charge in [0, 0.05) is 18.1 Å². The Morgan fingerprint density at radius 2 is 2.17 bits per heavy atom. The second-order valence-corrected chi connectivity index (χ2v) is 5.89. The zero-order chi connectivity index (χ0) is 17.7. The van der Waals surface area contributed by atoms with Gasteiger partial charge in [-0.1, -0.05) is 11.6 Å². The predicted molar refractivity (Wildman–Crippen MR) is 87.7 cm³/mol. The van der Waals surface area contributed by atoms with Gasteiger partial charge in [0.25, 0.3) is 0 Å². The molecule has 1 aliphatic rings. The predicted octanol–water partition coefficient (Wildman–Crippen LogP) is 1.79. The number of amides is 2. The fourth-order valence-corrected chi connectivity index (χ4v) is 2.71. The number of likely N-dealkylation sites (tertiary alicyclic amines) is 1. The highest BCUT2D eigenvalue weighted by Crippen LogP contribution is 2.26. The molecule has 24 heavy (non-hydrogen) atoms. The van der Waals surface area contributed by atoms with Gasteiger partial charge in [-0.2, -0.15) is 0 Å². The van der Waals surface area contributed by atoms with Crippen molar-refractivity contribution in [3.05, 3.63) is 23.2 Å². The number of nitrogens with zero attached hydrogens (tertiary/aromatic N) is 1. The average molecular weight is 355 g/mol. The third-order valence-corrected chi connectivity index (χ3v) is 3.96. The van der Waals surface area contributed by atoms with Crippen molar-refractivity contribution in [3.8, 4) is 5.75 Å². The van der Waals surface area contributed by atoms with Gasteiger partial charge in [0.15, 0.2) is 0 Å². The number of anilines is 1. The first kappa shape index (κ1) is 18.1. The molecule has 0 saturated carbocycles. The molecule has 2 amide bonds. The maximum atomic E-state index is 12.3. The number of carbonyl (C=O) groups is 3. The Kier molecular flexibility index (Phi) is 6.03. The molecule has 1 atom stereocenters. The molecule has 1 aliphatic heterocycles. The molecule has 1 heterocycles. The van der Waals surface area contributed by atoms with Crippen molar-refractivity contribution < 1.29 is 24.2 Å². The lowest BCUT2D eigenvalue weighted by molar-refractivity contribution is -0.153. The number of piperidine rings is 1. The quantitative estimate of drug-likeness (QED) is 0.490. The number of hydrogen-bond acceptors (Lipinski definition) is 5. The van der Waals surface area contributed by atoms with Gasteiger partial charge in [-0.15, -0.1) is 0 Å². The van der Waals surface area contributed by atoms with E-state index < -0.39 is 17.7 Å². The summed E-state index contributed by atoms with van der Waals surface area (Å²) in [5, 5.41) is 12.3. The van der Waals surface area contributed by atoms with Crippen molar-refractivity contribution in [1.82, 2.24) is 4.90 Å². The van der Waals surface area contributed by atoms with E-state index in [-0.39, 0.29) is 30.6 Å². The summed E-state index contributed by atoms with van der Waals surface area (Å²) < 4.78 is 4.97. The van der Waals surface area contributed by atoms with E-state index in [0.29, 0.717) is 24.4 Å². The first-order chi connectivity index (χ1) is 11.4. The fraction of sp³-hybridized carbons (Fsp3) is 0.438. The molecule has 1 unspecified atom stereocenters. The molecular weight excluding hydrogens is 336 g/mol. The molecule has 0 aliphatic carbocycles. The number of ether oxygens (including phenoxy) is 1. The summed E-state index contributed by atoms with van der Waals surface area (Å²) >= 11 is 5.80. The Labute approximate surface area is 144 Å². The van der Waals surface area contributed by atoms with Gasteiger partial charge in [0.1, 0.15) is 5.75 Å². The molecule has 7 nitrogen and oxygen atoms in total. The van der Waals surface area contributed by atoms with E-state index in [1.165, 1.54) is 23.1 Å². The highest BCUT2D eigenvalue weighted by Gasteiger charge is 2.32. The number of carbonyl (C=O) groups excluding carboxylic acids is 3. The van der Waals surface area contributed by atoms with Crippen LogP contribution in [0, 0.1) is 5.92 Å². The molecule has 1 saturated heterocycles. The van der Waals surface area contributed by atoms with Crippen LogP contribution in [0.3, 0.4) is 0 Å². The lowest BCUT2D eigenvalue weighted by Gasteiger charge is -2.31. The maximum absolute atomic E-state index is 12.3. The van der Waals surface area contributed by atoms with Crippen LogP contribution < -0.4 is 5.32 Å². The van der Waals surface area contributed by atoms with Crippen molar-refractivity contribution in [1.29, 1.82) is 0 Å². The van der Waals surface area contributed by atoms with Gasteiger partial charge in [0.2, 0.25) is 0 Å². The Morgan fingerprint density at radius 3 is 2.88 bits per heavy atom. The van der Waals surface area contributed by atoms with Gasteiger partial charge in [-0.05, 0) is 38.0 Å². The summed E-state index contributed by atoms with van der Waals surface area (Å²) in [4.78, 5) is 37.5. The number of benzene rings is 1. The second-order valence-electron chi connectivity index (χ2n) is 5.46. The van der Waals surface area contributed by atoms with Crippen molar-refractivity contribution in [2.24, 2.45) is 5.92 Å². The summed E-state index contributed by atoms with van der Waals surface area (Å²) in [6, 6.07) is 4.13. The van der Waals surface area contributed by atoms with E-state index in [0.717, 1.165) is 0 Å². The average Bonchev–Trinajstić information content (AvgIpc) is 2.57. The van der Waals surface area contributed by atoms with Gasteiger partial charge in [0.05, 0.1) is 18.2 Å². The van der Waals surface area contributed by atoms with Crippen LogP contribution in [0.15, 0.2) is 18.2 Å². The lowest BCUT2D eigenvalue weighted by Crippen LogP contribution is -2.47. The first-order valence-corrected chi connectivity index (χ1v) is 8.05. The molecule has 2 rings (SSSR count). The van der Waals surface area contributed by atoms with Gasteiger partial charge in [-0.25, -0.2) is 0 Å². The number of nitrogens with one attached hydrogen (secondary N) is 1. The van der Waals surface area contributed by atoms with Crippen LogP contribution >= 0.6 is 11.6 Å². The number of hydrogen-bond donors (Lipinski definition) is 2. The molecule has 8 heteroatoms. The Bertz CT molecular complexity index is 649. The molecule has 0 bridgehead atoms. The standard InChI is InChI=1S/C16H19ClN2O5/c1-2-24-16(23)10-4-3-7-19(9-10)15(22)14(21)18-12-8-11(17)5-6-13(12)20/h5-6,8,10,20H,2-4,7,9H2,1H3,(H,18,21).